The van der Waals surface area contributed by atoms with E-state index < -0.39 is 0 Å². The Kier molecular flexibility index (Phi) is 6.53. The Hall–Kier alpha value is -2.25. The summed E-state index contributed by atoms with van der Waals surface area (Å²) in [5.74, 6) is 6.04. The number of thiophene rings is 1. The van der Waals surface area contributed by atoms with Crippen LogP contribution < -0.4 is 5.32 Å². The first kappa shape index (κ1) is 16.1. The van der Waals surface area contributed by atoms with Crippen molar-refractivity contribution in [1.82, 2.24) is 0 Å². The minimum absolute atomic E-state index is 0.284. The third kappa shape index (κ3) is 5.27. The summed E-state index contributed by atoms with van der Waals surface area (Å²) >= 11 is 1.70. The molecule has 1 aromatic heterocycles. The van der Waals surface area contributed by atoms with Crippen molar-refractivity contribution in [2.75, 3.05) is 18.5 Å². The van der Waals surface area contributed by atoms with E-state index in [1.165, 1.54) is 5.56 Å². The summed E-state index contributed by atoms with van der Waals surface area (Å²) in [5, 5.41) is 7.47. The van der Waals surface area contributed by atoms with Crippen molar-refractivity contribution in [3.8, 4) is 11.8 Å². The molecule has 0 aliphatic carbocycles. The van der Waals surface area contributed by atoms with E-state index in [1.807, 2.05) is 12.1 Å². The second-order valence-electron chi connectivity index (χ2n) is 4.64. The average molecular weight is 313 g/mol. The molecule has 0 atom stereocenters. The van der Waals surface area contributed by atoms with Gasteiger partial charge in [0.25, 0.3) is 0 Å². The highest BCUT2D eigenvalue weighted by atomic mass is 32.1. The second-order valence-corrected chi connectivity index (χ2v) is 5.42. The molecule has 1 N–H and O–H groups in total. The van der Waals surface area contributed by atoms with Crippen LogP contribution in [0.2, 0.25) is 0 Å². The lowest BCUT2D eigenvalue weighted by Gasteiger charge is -2.05. The highest BCUT2D eigenvalue weighted by Gasteiger charge is 2.04. The van der Waals surface area contributed by atoms with E-state index in [9.17, 15) is 4.79 Å². The highest BCUT2D eigenvalue weighted by Crippen LogP contribution is 2.10. The number of carbonyl (C=O) groups is 1. The molecule has 2 rings (SSSR count). The molecule has 4 heteroatoms. The van der Waals surface area contributed by atoms with Crippen LogP contribution in [0.25, 0.3) is 0 Å². The monoisotopic (exact) mass is 313 g/mol. The maximum atomic E-state index is 11.5. The molecule has 3 nitrogen and oxygen atoms in total. The fourth-order valence-corrected chi connectivity index (χ4v) is 2.52. The van der Waals surface area contributed by atoms with Crippen LogP contribution in [0.15, 0.2) is 41.1 Å². The molecule has 22 heavy (non-hydrogen) atoms. The second kappa shape index (κ2) is 8.91. The van der Waals surface area contributed by atoms with Crippen LogP contribution >= 0.6 is 11.3 Å². The number of esters is 1. The van der Waals surface area contributed by atoms with E-state index in [1.54, 1.807) is 30.4 Å². The Morgan fingerprint density at radius 3 is 2.73 bits per heavy atom. The van der Waals surface area contributed by atoms with E-state index in [4.69, 9.17) is 4.74 Å². The van der Waals surface area contributed by atoms with Crippen molar-refractivity contribution in [3.05, 3.63) is 52.2 Å². The van der Waals surface area contributed by atoms with Crippen molar-refractivity contribution in [2.45, 2.75) is 19.8 Å². The third-order valence-electron chi connectivity index (χ3n) is 2.97. The first-order valence-corrected chi connectivity index (χ1v) is 8.21. The number of benzene rings is 1. The summed E-state index contributed by atoms with van der Waals surface area (Å²) in [7, 11) is 0. The van der Waals surface area contributed by atoms with Gasteiger partial charge in [0.05, 0.1) is 12.2 Å². The predicted molar refractivity (Wildman–Crippen MR) is 91.3 cm³/mol. The molecule has 2 aromatic rings. The number of ether oxygens (including phenoxy) is 1. The normalized spacial score (nSPS) is 9.68. The third-order valence-corrected chi connectivity index (χ3v) is 3.70. The molecular weight excluding hydrogens is 294 g/mol. The van der Waals surface area contributed by atoms with Crippen molar-refractivity contribution >= 4 is 23.0 Å². The molecule has 0 bridgehead atoms. The van der Waals surface area contributed by atoms with Gasteiger partial charge in [0.1, 0.15) is 0 Å². The Morgan fingerprint density at radius 2 is 2.05 bits per heavy atom. The van der Waals surface area contributed by atoms with E-state index in [2.05, 4.69) is 34.0 Å². The van der Waals surface area contributed by atoms with Crippen molar-refractivity contribution in [1.29, 1.82) is 0 Å². The molecular formula is C18H19NO2S. The molecule has 0 fully saturated rings. The molecule has 1 aromatic carbocycles. The van der Waals surface area contributed by atoms with Crippen LogP contribution in [0.1, 0.15) is 29.3 Å². The van der Waals surface area contributed by atoms with Gasteiger partial charge in [-0.05, 0) is 53.6 Å². The summed E-state index contributed by atoms with van der Waals surface area (Å²) < 4.78 is 4.95. The first-order valence-electron chi connectivity index (χ1n) is 7.27. The van der Waals surface area contributed by atoms with Crippen molar-refractivity contribution < 1.29 is 9.53 Å². The molecule has 0 radical (unpaired) electrons. The zero-order chi connectivity index (χ0) is 15.6. The number of hydrogen-bond acceptors (Lipinski definition) is 4. The van der Waals surface area contributed by atoms with Crippen LogP contribution in [0.3, 0.4) is 0 Å². The standard InChI is InChI=1S/C18H19NO2S/c1-2-21-18(20)16-7-9-17(10-8-16)19-12-5-3-4-6-15-11-13-22-14-15/h7-11,13-14,19H,2,5-6,12H2,1H3. The maximum Gasteiger partial charge on any atom is 0.338 e. The SMILES string of the molecule is CCOC(=O)c1ccc(NCCC#CCc2ccsc2)cc1. The molecule has 0 amide bonds. The summed E-state index contributed by atoms with van der Waals surface area (Å²) in [6.45, 7) is 2.98. The van der Waals surface area contributed by atoms with Gasteiger partial charge in [-0.3, -0.25) is 0 Å². The van der Waals surface area contributed by atoms with Gasteiger partial charge in [-0.25, -0.2) is 4.79 Å². The Morgan fingerprint density at radius 1 is 1.23 bits per heavy atom. The highest BCUT2D eigenvalue weighted by molar-refractivity contribution is 7.07. The molecule has 0 unspecified atom stereocenters. The van der Waals surface area contributed by atoms with Gasteiger partial charge in [0, 0.05) is 25.1 Å². The number of anilines is 1. The lowest BCUT2D eigenvalue weighted by Crippen LogP contribution is -2.05. The average Bonchev–Trinajstić information content (AvgIpc) is 3.05. The van der Waals surface area contributed by atoms with Gasteiger partial charge < -0.3 is 10.1 Å². The lowest BCUT2D eigenvalue weighted by molar-refractivity contribution is 0.0526. The smallest absolute Gasteiger partial charge is 0.338 e. The van der Waals surface area contributed by atoms with Crippen LogP contribution in [0.5, 0.6) is 0 Å². The van der Waals surface area contributed by atoms with Crippen LogP contribution in [0, 0.1) is 11.8 Å². The molecule has 1 heterocycles. The molecule has 114 valence electrons. The minimum atomic E-state index is -0.284. The molecule has 0 saturated heterocycles. The summed E-state index contributed by atoms with van der Waals surface area (Å²) in [6, 6.07) is 9.39. The van der Waals surface area contributed by atoms with E-state index in [0.29, 0.717) is 12.2 Å². The van der Waals surface area contributed by atoms with Gasteiger partial charge in [-0.2, -0.15) is 11.3 Å². The van der Waals surface area contributed by atoms with Crippen LogP contribution in [-0.2, 0) is 11.2 Å². The Labute approximate surface area is 135 Å². The maximum absolute atomic E-state index is 11.5. The fourth-order valence-electron chi connectivity index (χ4n) is 1.85. The lowest BCUT2D eigenvalue weighted by atomic mass is 10.2. The minimum Gasteiger partial charge on any atom is -0.462 e. The molecule has 0 aliphatic heterocycles. The number of rotatable bonds is 6. The van der Waals surface area contributed by atoms with Gasteiger partial charge in [0.2, 0.25) is 0 Å². The summed E-state index contributed by atoms with van der Waals surface area (Å²) in [5.41, 5.74) is 2.83. The molecule has 0 aliphatic rings. The molecule has 0 saturated carbocycles. The summed E-state index contributed by atoms with van der Waals surface area (Å²) in [6.07, 6.45) is 1.61. The van der Waals surface area contributed by atoms with Crippen LogP contribution in [0.4, 0.5) is 5.69 Å². The number of hydrogen-bond donors (Lipinski definition) is 1. The van der Waals surface area contributed by atoms with E-state index >= 15 is 0 Å². The largest absolute Gasteiger partial charge is 0.462 e. The molecule has 0 spiro atoms. The Bertz CT molecular complexity index is 636. The van der Waals surface area contributed by atoms with Gasteiger partial charge >= 0.3 is 5.97 Å². The number of carbonyl (C=O) groups excluding carboxylic acids is 1. The fraction of sp³-hybridized carbons (Fsp3) is 0.278. The zero-order valence-corrected chi connectivity index (χ0v) is 13.4. The summed E-state index contributed by atoms with van der Waals surface area (Å²) in [4.78, 5) is 11.5. The van der Waals surface area contributed by atoms with Gasteiger partial charge in [0.15, 0.2) is 0 Å². The zero-order valence-electron chi connectivity index (χ0n) is 12.6. The van der Waals surface area contributed by atoms with Crippen LogP contribution in [-0.4, -0.2) is 19.1 Å². The van der Waals surface area contributed by atoms with E-state index in [0.717, 1.165) is 25.1 Å². The first-order chi connectivity index (χ1) is 10.8. The predicted octanol–water partition coefficient (Wildman–Crippen LogP) is 3.97. The van der Waals surface area contributed by atoms with E-state index in [-0.39, 0.29) is 5.97 Å². The van der Waals surface area contributed by atoms with Gasteiger partial charge in [-0.15, -0.1) is 5.92 Å². The number of nitrogens with one attached hydrogen (secondary N) is 1. The van der Waals surface area contributed by atoms with Crippen molar-refractivity contribution in [2.24, 2.45) is 0 Å². The topological polar surface area (TPSA) is 38.3 Å². The van der Waals surface area contributed by atoms with Crippen molar-refractivity contribution in [3.63, 3.8) is 0 Å². The van der Waals surface area contributed by atoms with Gasteiger partial charge in [-0.1, -0.05) is 5.92 Å². The quantitative estimate of drug-likeness (QED) is 0.498. The Balaban J connectivity index is 1.71.